The normalized spacial score (nSPS) is 23.1. The summed E-state index contributed by atoms with van der Waals surface area (Å²) in [5.74, 6) is 1.80. The minimum absolute atomic E-state index is 0.0469. The average molecular weight is 370 g/mol. The summed E-state index contributed by atoms with van der Waals surface area (Å²) < 4.78 is 7.32. The van der Waals surface area contributed by atoms with E-state index in [0.29, 0.717) is 5.92 Å². The Bertz CT molecular complexity index is 838. The van der Waals surface area contributed by atoms with Crippen LogP contribution in [0.3, 0.4) is 0 Å². The lowest BCUT2D eigenvalue weighted by atomic mass is 9.97. The monoisotopic (exact) mass is 370 g/mol. The van der Waals surface area contributed by atoms with Gasteiger partial charge in [-0.05, 0) is 19.4 Å². The number of hydrogen-bond acceptors (Lipinski definition) is 6. The van der Waals surface area contributed by atoms with E-state index in [1.54, 1.807) is 6.20 Å². The summed E-state index contributed by atoms with van der Waals surface area (Å²) >= 11 is 0. The van der Waals surface area contributed by atoms with Gasteiger partial charge in [0.25, 0.3) is 0 Å². The quantitative estimate of drug-likeness (QED) is 0.789. The van der Waals surface area contributed by atoms with Crippen LogP contribution in [0.15, 0.2) is 12.3 Å². The van der Waals surface area contributed by atoms with Crippen molar-refractivity contribution < 1.29 is 9.53 Å². The van der Waals surface area contributed by atoms with E-state index < -0.39 is 0 Å². The zero-order chi connectivity index (χ0) is 18.2. The van der Waals surface area contributed by atoms with Gasteiger partial charge in [-0.25, -0.2) is 4.98 Å². The smallest absolute Gasteiger partial charge is 0.226 e. The lowest BCUT2D eigenvalue weighted by Crippen LogP contribution is -2.55. The fraction of sp³-hybridized carbons (Fsp3) is 0.632. The topological polar surface area (TPSA) is 83.8 Å². The standard InChI is InChI=1S/C19H26N6O2/c26-18(21-9-13-4-8-27-12-13)14-10-24(11-14)19-15-1-5-20-6-2-16(15)23-17-3-7-22-25(17)19/h3,7,13-14,20H,1-2,4-6,8-12H2,(H,21,26). The molecule has 5 heterocycles. The van der Waals surface area contributed by atoms with Crippen molar-refractivity contribution in [3.05, 3.63) is 23.5 Å². The van der Waals surface area contributed by atoms with E-state index in [0.717, 1.165) is 82.4 Å². The molecule has 2 fully saturated rings. The molecule has 1 unspecified atom stereocenters. The van der Waals surface area contributed by atoms with E-state index in [1.807, 2.05) is 10.6 Å². The van der Waals surface area contributed by atoms with Crippen molar-refractivity contribution in [3.8, 4) is 0 Å². The van der Waals surface area contributed by atoms with Crippen LogP contribution in [0.25, 0.3) is 5.65 Å². The van der Waals surface area contributed by atoms with Gasteiger partial charge >= 0.3 is 0 Å². The third-order valence-electron chi connectivity index (χ3n) is 5.92. The van der Waals surface area contributed by atoms with Crippen LogP contribution in [0.5, 0.6) is 0 Å². The first-order valence-electron chi connectivity index (χ1n) is 9.96. The summed E-state index contributed by atoms with van der Waals surface area (Å²) in [6.45, 7) is 5.72. The number of hydrogen-bond donors (Lipinski definition) is 2. The number of carbonyl (C=O) groups excluding carboxylic acids is 1. The highest BCUT2D eigenvalue weighted by Gasteiger charge is 2.36. The van der Waals surface area contributed by atoms with E-state index in [-0.39, 0.29) is 11.8 Å². The van der Waals surface area contributed by atoms with Gasteiger partial charge in [0.1, 0.15) is 5.82 Å². The zero-order valence-electron chi connectivity index (χ0n) is 15.5. The van der Waals surface area contributed by atoms with Crippen LogP contribution in [0.2, 0.25) is 0 Å². The molecule has 0 bridgehead atoms. The number of fused-ring (bicyclic) bond motifs is 2. The maximum absolute atomic E-state index is 12.5. The second-order valence-corrected chi connectivity index (χ2v) is 7.79. The van der Waals surface area contributed by atoms with Crippen molar-refractivity contribution in [1.29, 1.82) is 0 Å². The van der Waals surface area contributed by atoms with Gasteiger partial charge < -0.3 is 20.3 Å². The Morgan fingerprint density at radius 3 is 3.07 bits per heavy atom. The molecule has 3 aliphatic rings. The predicted octanol–water partition coefficient (Wildman–Crippen LogP) is 0.00640. The van der Waals surface area contributed by atoms with Crippen molar-refractivity contribution in [2.24, 2.45) is 11.8 Å². The van der Waals surface area contributed by atoms with E-state index in [4.69, 9.17) is 9.72 Å². The number of anilines is 1. The Morgan fingerprint density at radius 2 is 2.22 bits per heavy atom. The lowest BCUT2D eigenvalue weighted by molar-refractivity contribution is -0.125. The molecule has 0 aromatic carbocycles. The summed E-state index contributed by atoms with van der Waals surface area (Å²) in [5, 5.41) is 11.1. The largest absolute Gasteiger partial charge is 0.381 e. The van der Waals surface area contributed by atoms with Crippen molar-refractivity contribution in [2.45, 2.75) is 19.3 Å². The van der Waals surface area contributed by atoms with Gasteiger partial charge in [-0.15, -0.1) is 0 Å². The highest BCUT2D eigenvalue weighted by molar-refractivity contribution is 5.82. The van der Waals surface area contributed by atoms with Crippen molar-refractivity contribution in [2.75, 3.05) is 50.8 Å². The number of amides is 1. The highest BCUT2D eigenvalue weighted by atomic mass is 16.5. The van der Waals surface area contributed by atoms with E-state index in [1.165, 1.54) is 5.56 Å². The number of carbonyl (C=O) groups is 1. The molecule has 1 amide bonds. The van der Waals surface area contributed by atoms with Crippen LogP contribution in [-0.2, 0) is 22.4 Å². The Morgan fingerprint density at radius 1 is 1.33 bits per heavy atom. The molecule has 5 rings (SSSR count). The highest BCUT2D eigenvalue weighted by Crippen LogP contribution is 2.31. The molecular weight excluding hydrogens is 344 g/mol. The van der Waals surface area contributed by atoms with Crippen LogP contribution in [0, 0.1) is 11.8 Å². The molecule has 8 nitrogen and oxygen atoms in total. The summed E-state index contributed by atoms with van der Waals surface area (Å²) in [5.41, 5.74) is 3.33. The van der Waals surface area contributed by atoms with E-state index >= 15 is 0 Å². The summed E-state index contributed by atoms with van der Waals surface area (Å²) in [7, 11) is 0. The van der Waals surface area contributed by atoms with Crippen LogP contribution >= 0.6 is 0 Å². The second kappa shape index (κ2) is 7.09. The number of rotatable bonds is 4. The fourth-order valence-corrected chi connectivity index (χ4v) is 4.29. The predicted molar refractivity (Wildman–Crippen MR) is 101 cm³/mol. The molecule has 0 saturated carbocycles. The lowest BCUT2D eigenvalue weighted by Gasteiger charge is -2.41. The number of nitrogens with zero attached hydrogens (tertiary/aromatic N) is 4. The van der Waals surface area contributed by atoms with Crippen LogP contribution in [-0.4, -0.2) is 66.4 Å². The third-order valence-corrected chi connectivity index (χ3v) is 5.92. The molecule has 2 saturated heterocycles. The number of aromatic nitrogens is 3. The van der Waals surface area contributed by atoms with Crippen LogP contribution in [0.4, 0.5) is 5.82 Å². The summed E-state index contributed by atoms with van der Waals surface area (Å²) in [4.78, 5) is 19.6. The minimum Gasteiger partial charge on any atom is -0.381 e. The maximum atomic E-state index is 12.5. The first kappa shape index (κ1) is 16.9. The van der Waals surface area contributed by atoms with Gasteiger partial charge in [0.05, 0.1) is 24.4 Å². The molecule has 2 aromatic heterocycles. The fourth-order valence-electron chi connectivity index (χ4n) is 4.29. The van der Waals surface area contributed by atoms with Gasteiger partial charge in [0, 0.05) is 56.8 Å². The van der Waals surface area contributed by atoms with Gasteiger partial charge in [-0.1, -0.05) is 0 Å². The van der Waals surface area contributed by atoms with Crippen LogP contribution < -0.4 is 15.5 Å². The van der Waals surface area contributed by atoms with E-state index in [2.05, 4.69) is 20.6 Å². The second-order valence-electron chi connectivity index (χ2n) is 7.79. The number of ether oxygens (including phenoxy) is 1. The van der Waals surface area contributed by atoms with Crippen LogP contribution in [0.1, 0.15) is 17.7 Å². The minimum atomic E-state index is 0.0469. The summed E-state index contributed by atoms with van der Waals surface area (Å²) in [6.07, 6.45) is 4.73. The maximum Gasteiger partial charge on any atom is 0.226 e. The first-order valence-corrected chi connectivity index (χ1v) is 9.96. The molecule has 1 atom stereocenters. The van der Waals surface area contributed by atoms with Gasteiger partial charge in [0.2, 0.25) is 5.91 Å². The molecule has 3 aliphatic heterocycles. The zero-order valence-corrected chi connectivity index (χ0v) is 15.5. The Kier molecular flexibility index (Phi) is 4.45. The molecule has 27 heavy (non-hydrogen) atoms. The third kappa shape index (κ3) is 3.17. The van der Waals surface area contributed by atoms with E-state index in [9.17, 15) is 4.79 Å². The molecule has 0 spiro atoms. The van der Waals surface area contributed by atoms with Crippen molar-refractivity contribution >= 4 is 17.4 Å². The van der Waals surface area contributed by atoms with Gasteiger partial charge in [-0.2, -0.15) is 9.61 Å². The van der Waals surface area contributed by atoms with Gasteiger partial charge in [-0.3, -0.25) is 4.79 Å². The SMILES string of the molecule is O=C(NCC1CCOC1)C1CN(c2c3c(nc4ccnn24)CCNCC3)C1. The Labute approximate surface area is 158 Å². The summed E-state index contributed by atoms with van der Waals surface area (Å²) in [6, 6.07) is 1.95. The Hall–Kier alpha value is -2.19. The van der Waals surface area contributed by atoms with Crippen molar-refractivity contribution in [1.82, 2.24) is 25.2 Å². The molecule has 0 radical (unpaired) electrons. The first-order chi connectivity index (χ1) is 13.3. The molecule has 8 heteroatoms. The molecule has 0 aliphatic carbocycles. The number of nitrogens with one attached hydrogen (secondary N) is 2. The van der Waals surface area contributed by atoms with Crippen molar-refractivity contribution in [3.63, 3.8) is 0 Å². The molecule has 2 N–H and O–H groups in total. The average Bonchev–Trinajstić information content (AvgIpc) is 3.26. The Balaban J connectivity index is 1.31. The molecule has 2 aromatic rings. The molecular formula is C19H26N6O2. The molecule has 144 valence electrons. The van der Waals surface area contributed by atoms with Gasteiger partial charge in [0.15, 0.2) is 5.65 Å².